The zero-order valence-electron chi connectivity index (χ0n) is 13.4. The highest BCUT2D eigenvalue weighted by atomic mass is 32.1. The summed E-state index contributed by atoms with van der Waals surface area (Å²) in [5.74, 6) is 0. The zero-order valence-corrected chi connectivity index (χ0v) is 15.1. The number of nitrogens with one attached hydrogen (secondary N) is 2. The molecule has 122 valence electrons. The second-order valence-electron chi connectivity index (χ2n) is 5.81. The molecule has 0 amide bonds. The summed E-state index contributed by atoms with van der Waals surface area (Å²) < 4.78 is 2.82. The summed E-state index contributed by atoms with van der Waals surface area (Å²) in [5.41, 5.74) is 2.81. The number of hydrogen-bond acceptors (Lipinski definition) is 4. The fourth-order valence-corrected chi connectivity index (χ4v) is 3.79. The Morgan fingerprint density at radius 3 is 2.87 bits per heavy atom. The van der Waals surface area contributed by atoms with E-state index in [2.05, 4.69) is 53.7 Å². The molecular formula is C17H23N4S2+. The minimum absolute atomic E-state index is 0.849. The van der Waals surface area contributed by atoms with Crippen LogP contribution in [-0.2, 0) is 6.67 Å². The number of aromatic nitrogens is 2. The van der Waals surface area contributed by atoms with E-state index in [1.54, 1.807) is 11.3 Å². The Bertz CT molecular complexity index is 718. The molecule has 1 aromatic carbocycles. The van der Waals surface area contributed by atoms with Crippen molar-refractivity contribution in [3.05, 3.63) is 45.9 Å². The van der Waals surface area contributed by atoms with Gasteiger partial charge in [0.05, 0.1) is 13.1 Å². The molecule has 0 saturated carbocycles. The number of anilines is 1. The largest absolute Gasteiger partial charge is 0.360 e. The van der Waals surface area contributed by atoms with Crippen LogP contribution in [0, 0.1) is 3.95 Å². The molecule has 1 unspecified atom stereocenters. The first-order valence-electron chi connectivity index (χ1n) is 8.16. The van der Waals surface area contributed by atoms with Gasteiger partial charge in [0, 0.05) is 13.0 Å². The van der Waals surface area contributed by atoms with Gasteiger partial charge in [-0.15, -0.1) is 5.10 Å². The summed E-state index contributed by atoms with van der Waals surface area (Å²) in [5, 5.41) is 8.86. The summed E-state index contributed by atoms with van der Waals surface area (Å²) in [6.07, 6.45) is 4.56. The molecule has 23 heavy (non-hydrogen) atoms. The van der Waals surface area contributed by atoms with Gasteiger partial charge in [0.1, 0.15) is 0 Å². The van der Waals surface area contributed by atoms with Crippen LogP contribution in [0.2, 0.25) is 0 Å². The molecule has 4 nitrogen and oxygen atoms in total. The van der Waals surface area contributed by atoms with Crippen molar-refractivity contribution in [1.29, 1.82) is 0 Å². The van der Waals surface area contributed by atoms with Crippen LogP contribution >= 0.6 is 23.6 Å². The minimum atomic E-state index is 0.849. The van der Waals surface area contributed by atoms with Gasteiger partial charge in [-0.2, -0.15) is 4.68 Å². The SMILES string of the molecule is CCCNc1nn(C[NH+]2CC=C(c3ccccc3)CC2)c(=S)s1. The van der Waals surface area contributed by atoms with Gasteiger partial charge in [-0.1, -0.05) is 48.6 Å². The van der Waals surface area contributed by atoms with Crippen LogP contribution in [0.4, 0.5) is 5.13 Å². The molecular weight excluding hydrogens is 324 g/mol. The maximum Gasteiger partial charge on any atom is 0.204 e. The third-order valence-electron chi connectivity index (χ3n) is 4.04. The highest BCUT2D eigenvalue weighted by Crippen LogP contribution is 2.18. The van der Waals surface area contributed by atoms with Gasteiger partial charge in [-0.25, -0.2) is 0 Å². The van der Waals surface area contributed by atoms with Gasteiger partial charge >= 0.3 is 0 Å². The summed E-state index contributed by atoms with van der Waals surface area (Å²) in [6.45, 7) is 6.10. The van der Waals surface area contributed by atoms with E-state index < -0.39 is 0 Å². The van der Waals surface area contributed by atoms with Gasteiger partial charge in [-0.3, -0.25) is 0 Å². The van der Waals surface area contributed by atoms with Gasteiger partial charge < -0.3 is 10.2 Å². The van der Waals surface area contributed by atoms with Crippen molar-refractivity contribution < 1.29 is 4.90 Å². The molecule has 1 atom stereocenters. The molecule has 3 rings (SSSR count). The van der Waals surface area contributed by atoms with E-state index in [0.29, 0.717) is 0 Å². The van der Waals surface area contributed by atoms with Crippen molar-refractivity contribution in [2.24, 2.45) is 0 Å². The second-order valence-corrected chi connectivity index (χ2v) is 7.43. The average molecular weight is 348 g/mol. The monoisotopic (exact) mass is 347 g/mol. The normalized spacial score (nSPS) is 17.8. The van der Waals surface area contributed by atoms with Crippen LogP contribution < -0.4 is 10.2 Å². The quantitative estimate of drug-likeness (QED) is 0.789. The predicted octanol–water partition coefficient (Wildman–Crippen LogP) is 2.83. The number of hydrogen-bond donors (Lipinski definition) is 2. The van der Waals surface area contributed by atoms with E-state index >= 15 is 0 Å². The first kappa shape index (κ1) is 16.4. The topological polar surface area (TPSA) is 34.3 Å². The van der Waals surface area contributed by atoms with Gasteiger partial charge in [0.25, 0.3) is 0 Å². The Kier molecular flexibility index (Phi) is 5.59. The van der Waals surface area contributed by atoms with E-state index in [9.17, 15) is 0 Å². The minimum Gasteiger partial charge on any atom is -0.360 e. The summed E-state index contributed by atoms with van der Waals surface area (Å²) in [6, 6.07) is 10.7. The van der Waals surface area contributed by atoms with Crippen LogP contribution in [0.1, 0.15) is 25.3 Å². The van der Waals surface area contributed by atoms with Crippen molar-refractivity contribution in [2.75, 3.05) is 25.0 Å². The molecule has 2 N–H and O–H groups in total. The van der Waals surface area contributed by atoms with E-state index in [0.717, 1.165) is 48.2 Å². The van der Waals surface area contributed by atoms with Gasteiger partial charge in [0.15, 0.2) is 10.6 Å². The fourth-order valence-electron chi connectivity index (χ4n) is 2.76. The zero-order chi connectivity index (χ0) is 16.1. The highest BCUT2D eigenvalue weighted by molar-refractivity contribution is 7.73. The van der Waals surface area contributed by atoms with Crippen molar-refractivity contribution in [3.63, 3.8) is 0 Å². The molecule has 0 radical (unpaired) electrons. The van der Waals surface area contributed by atoms with Crippen molar-refractivity contribution in [2.45, 2.75) is 26.4 Å². The Morgan fingerprint density at radius 1 is 1.35 bits per heavy atom. The molecule has 6 heteroatoms. The van der Waals surface area contributed by atoms with Crippen LogP contribution in [-0.4, -0.2) is 29.4 Å². The average Bonchev–Trinajstić information content (AvgIpc) is 2.94. The molecule has 0 fully saturated rings. The van der Waals surface area contributed by atoms with Gasteiger partial charge in [0.2, 0.25) is 5.13 Å². The van der Waals surface area contributed by atoms with Crippen LogP contribution in [0.25, 0.3) is 5.57 Å². The van der Waals surface area contributed by atoms with E-state index in [4.69, 9.17) is 12.2 Å². The lowest BCUT2D eigenvalue weighted by molar-refractivity contribution is -0.918. The molecule has 0 bridgehead atoms. The summed E-state index contributed by atoms with van der Waals surface area (Å²) in [7, 11) is 0. The molecule has 2 heterocycles. The summed E-state index contributed by atoms with van der Waals surface area (Å²) >= 11 is 7.01. The van der Waals surface area contributed by atoms with Crippen molar-refractivity contribution in [3.8, 4) is 0 Å². The molecule has 2 aromatic rings. The smallest absolute Gasteiger partial charge is 0.204 e. The standard InChI is InChI=1S/C17H22N4S2/c1-2-10-18-16-19-21(17(22)23-16)13-20-11-8-15(9-12-20)14-6-4-3-5-7-14/h3-8H,2,9-13H2,1H3,(H,18,19)/p+1. The van der Waals surface area contributed by atoms with E-state index in [-0.39, 0.29) is 0 Å². The fraction of sp³-hybridized carbons (Fsp3) is 0.412. The lowest BCUT2D eigenvalue weighted by atomic mass is 10.00. The van der Waals surface area contributed by atoms with E-state index in [1.165, 1.54) is 16.0 Å². The first-order chi connectivity index (χ1) is 11.3. The number of rotatable bonds is 6. The molecule has 1 aliphatic heterocycles. The van der Waals surface area contributed by atoms with Crippen LogP contribution in [0.5, 0.6) is 0 Å². The first-order valence-corrected chi connectivity index (χ1v) is 9.38. The van der Waals surface area contributed by atoms with Gasteiger partial charge in [-0.05, 0) is 35.9 Å². The lowest BCUT2D eigenvalue weighted by Crippen LogP contribution is -3.11. The lowest BCUT2D eigenvalue weighted by Gasteiger charge is -2.23. The number of quaternary nitrogens is 1. The predicted molar refractivity (Wildman–Crippen MR) is 99.5 cm³/mol. The molecule has 0 aliphatic carbocycles. The molecule has 1 aliphatic rings. The Morgan fingerprint density at radius 2 is 2.17 bits per heavy atom. The molecule has 1 aromatic heterocycles. The molecule has 0 saturated heterocycles. The van der Waals surface area contributed by atoms with E-state index in [1.807, 2.05) is 4.68 Å². The second kappa shape index (κ2) is 7.86. The van der Waals surface area contributed by atoms with Crippen LogP contribution in [0.15, 0.2) is 36.4 Å². The Hall–Kier alpha value is -1.50. The third kappa shape index (κ3) is 4.28. The van der Waals surface area contributed by atoms with Crippen molar-refractivity contribution in [1.82, 2.24) is 9.78 Å². The van der Waals surface area contributed by atoms with Crippen LogP contribution in [0.3, 0.4) is 0 Å². The highest BCUT2D eigenvalue weighted by Gasteiger charge is 2.17. The molecule has 0 spiro atoms. The maximum absolute atomic E-state index is 5.44. The number of nitrogens with zero attached hydrogens (tertiary/aromatic N) is 2. The van der Waals surface area contributed by atoms with Crippen molar-refractivity contribution >= 4 is 34.3 Å². The summed E-state index contributed by atoms with van der Waals surface area (Å²) in [4.78, 5) is 1.51. The maximum atomic E-state index is 5.44. The number of benzene rings is 1. The Labute approximate surface area is 146 Å². The Balaban J connectivity index is 1.61. The third-order valence-corrected chi connectivity index (χ3v) is 5.30.